The van der Waals surface area contributed by atoms with E-state index >= 15 is 0 Å². The number of hydrogen-bond acceptors (Lipinski definition) is 3. The van der Waals surface area contributed by atoms with E-state index < -0.39 is 0 Å². The molecule has 0 saturated carbocycles. The Balaban J connectivity index is 1.51. The van der Waals surface area contributed by atoms with Crippen LogP contribution in [-0.2, 0) is 6.54 Å². The highest BCUT2D eigenvalue weighted by Gasteiger charge is 2.13. The molecule has 4 nitrogen and oxygen atoms in total. The van der Waals surface area contributed by atoms with Crippen molar-refractivity contribution in [3.8, 4) is 11.1 Å². The molecule has 5 heteroatoms. The van der Waals surface area contributed by atoms with Gasteiger partial charge in [0.15, 0.2) is 0 Å². The fourth-order valence-electron chi connectivity index (χ4n) is 3.20. The van der Waals surface area contributed by atoms with E-state index in [-0.39, 0.29) is 0 Å². The first-order valence-corrected chi connectivity index (χ1v) is 9.40. The Morgan fingerprint density at radius 3 is 2.58 bits per heavy atom. The number of benzene rings is 1. The maximum absolute atomic E-state index is 4.53. The fourth-order valence-corrected chi connectivity index (χ4v) is 3.76. The molecule has 1 aliphatic rings. The summed E-state index contributed by atoms with van der Waals surface area (Å²) in [5.41, 5.74) is 4.73. The maximum atomic E-state index is 4.53. The van der Waals surface area contributed by atoms with Gasteiger partial charge in [0.05, 0.1) is 0 Å². The third kappa shape index (κ3) is 3.34. The average molecular weight is 432 g/mol. The molecule has 1 aliphatic heterocycles. The van der Waals surface area contributed by atoms with E-state index in [1.54, 1.807) is 0 Å². The van der Waals surface area contributed by atoms with Crippen molar-refractivity contribution < 1.29 is 0 Å². The Morgan fingerprint density at radius 1 is 1.08 bits per heavy atom. The number of nitrogens with one attached hydrogen (secondary N) is 1. The third-order valence-corrected chi connectivity index (χ3v) is 5.66. The molecule has 1 N–H and O–H groups in total. The summed E-state index contributed by atoms with van der Waals surface area (Å²) in [6.45, 7) is 5.69. The van der Waals surface area contributed by atoms with Gasteiger partial charge in [0.25, 0.3) is 0 Å². The van der Waals surface area contributed by atoms with E-state index in [4.69, 9.17) is 0 Å². The zero-order chi connectivity index (χ0) is 16.5. The molecule has 24 heavy (non-hydrogen) atoms. The van der Waals surface area contributed by atoms with E-state index in [0.717, 1.165) is 25.3 Å². The number of piperazine rings is 1. The minimum atomic E-state index is 0.954. The minimum Gasteiger partial charge on any atom is -0.345 e. The van der Waals surface area contributed by atoms with Gasteiger partial charge in [-0.1, -0.05) is 24.3 Å². The highest BCUT2D eigenvalue weighted by molar-refractivity contribution is 14.1. The highest BCUT2D eigenvalue weighted by atomic mass is 127. The number of halogens is 1. The molecular weight excluding hydrogens is 411 g/mol. The number of H-pyrrole nitrogens is 1. The standard InChI is InChI=1S/C19H21IN4/c1-23-6-8-24(9-7-23)13-14-2-4-15(5-3-14)16-10-17-18(20)12-22-19(17)21-11-16/h2-5,10-12H,6-9,13H2,1H3,(H,21,22). The van der Waals surface area contributed by atoms with Crippen molar-refractivity contribution in [2.24, 2.45) is 0 Å². The molecule has 2 aromatic heterocycles. The van der Waals surface area contributed by atoms with Crippen LogP contribution in [0.15, 0.2) is 42.7 Å². The fraction of sp³-hybridized carbons (Fsp3) is 0.316. The second kappa shape index (κ2) is 6.82. The zero-order valence-corrected chi connectivity index (χ0v) is 16.0. The molecule has 0 aliphatic carbocycles. The normalized spacial score (nSPS) is 16.8. The molecule has 0 atom stereocenters. The smallest absolute Gasteiger partial charge is 0.138 e. The van der Waals surface area contributed by atoms with Gasteiger partial charge in [-0.3, -0.25) is 4.90 Å². The molecule has 0 unspecified atom stereocenters. The van der Waals surface area contributed by atoms with Crippen molar-refractivity contribution in [2.45, 2.75) is 6.54 Å². The van der Waals surface area contributed by atoms with Crippen LogP contribution in [0.4, 0.5) is 0 Å². The zero-order valence-electron chi connectivity index (χ0n) is 13.8. The largest absolute Gasteiger partial charge is 0.345 e. The predicted octanol–water partition coefficient (Wildman–Crippen LogP) is 3.58. The molecule has 0 radical (unpaired) electrons. The van der Waals surface area contributed by atoms with E-state index in [1.165, 1.54) is 38.7 Å². The molecule has 1 saturated heterocycles. The second-order valence-corrected chi connectivity index (χ2v) is 7.70. The van der Waals surface area contributed by atoms with Crippen molar-refractivity contribution in [2.75, 3.05) is 33.2 Å². The van der Waals surface area contributed by atoms with Gasteiger partial charge in [0.1, 0.15) is 5.65 Å². The summed E-state index contributed by atoms with van der Waals surface area (Å²) in [5.74, 6) is 0. The highest BCUT2D eigenvalue weighted by Crippen LogP contribution is 2.26. The molecule has 1 fully saturated rings. The quantitative estimate of drug-likeness (QED) is 0.643. The molecule has 3 heterocycles. The monoisotopic (exact) mass is 432 g/mol. The number of likely N-dealkylation sites (N-methyl/N-ethyl adjacent to an activating group) is 1. The first kappa shape index (κ1) is 16.1. The predicted molar refractivity (Wildman–Crippen MR) is 107 cm³/mol. The second-order valence-electron chi connectivity index (χ2n) is 6.53. The Kier molecular flexibility index (Phi) is 4.56. The Labute approximate surface area is 156 Å². The molecule has 1 aromatic carbocycles. The van der Waals surface area contributed by atoms with Crippen LogP contribution in [0, 0.1) is 3.57 Å². The Morgan fingerprint density at radius 2 is 1.83 bits per heavy atom. The number of pyridine rings is 1. The molecule has 0 spiro atoms. The number of hydrogen-bond donors (Lipinski definition) is 1. The van der Waals surface area contributed by atoms with Crippen molar-refractivity contribution in [1.29, 1.82) is 0 Å². The van der Waals surface area contributed by atoms with Crippen molar-refractivity contribution >= 4 is 33.6 Å². The van der Waals surface area contributed by atoms with Gasteiger partial charge in [0.2, 0.25) is 0 Å². The van der Waals surface area contributed by atoms with E-state index in [0.29, 0.717) is 0 Å². The Hall–Kier alpha value is -1.44. The topological polar surface area (TPSA) is 35.2 Å². The first-order chi connectivity index (χ1) is 11.7. The van der Waals surface area contributed by atoms with Crippen LogP contribution in [0.25, 0.3) is 22.2 Å². The summed E-state index contributed by atoms with van der Waals surface area (Å²) in [7, 11) is 2.20. The van der Waals surface area contributed by atoms with Crippen LogP contribution in [-0.4, -0.2) is 53.0 Å². The molecule has 124 valence electrons. The van der Waals surface area contributed by atoms with E-state index in [1.807, 2.05) is 12.4 Å². The Bertz CT molecular complexity index is 832. The van der Waals surface area contributed by atoms with Gasteiger partial charge in [0, 0.05) is 59.6 Å². The van der Waals surface area contributed by atoms with Crippen LogP contribution in [0.5, 0.6) is 0 Å². The van der Waals surface area contributed by atoms with Gasteiger partial charge in [-0.25, -0.2) is 4.98 Å². The number of fused-ring (bicyclic) bond motifs is 1. The molecule has 0 bridgehead atoms. The summed E-state index contributed by atoms with van der Waals surface area (Å²) >= 11 is 2.35. The van der Waals surface area contributed by atoms with Crippen LogP contribution in [0.2, 0.25) is 0 Å². The summed E-state index contributed by atoms with van der Waals surface area (Å²) in [5, 5.41) is 1.19. The number of nitrogens with zero attached hydrogens (tertiary/aromatic N) is 3. The van der Waals surface area contributed by atoms with Gasteiger partial charge in [-0.2, -0.15) is 0 Å². The van der Waals surface area contributed by atoms with Crippen LogP contribution < -0.4 is 0 Å². The lowest BCUT2D eigenvalue weighted by atomic mass is 10.0. The summed E-state index contributed by atoms with van der Waals surface area (Å²) in [6, 6.07) is 11.2. The van der Waals surface area contributed by atoms with Crippen LogP contribution in [0.3, 0.4) is 0 Å². The number of aromatic amines is 1. The maximum Gasteiger partial charge on any atom is 0.138 e. The van der Waals surface area contributed by atoms with E-state index in [9.17, 15) is 0 Å². The lowest BCUT2D eigenvalue weighted by Crippen LogP contribution is -2.43. The SMILES string of the molecule is CN1CCN(Cc2ccc(-c3cnc4[nH]cc(I)c4c3)cc2)CC1. The van der Waals surface area contributed by atoms with Crippen molar-refractivity contribution in [3.63, 3.8) is 0 Å². The third-order valence-electron chi connectivity index (χ3n) is 4.77. The van der Waals surface area contributed by atoms with Gasteiger partial charge >= 0.3 is 0 Å². The van der Waals surface area contributed by atoms with Crippen molar-refractivity contribution in [1.82, 2.24) is 19.8 Å². The molecule has 3 aromatic rings. The average Bonchev–Trinajstić information content (AvgIpc) is 2.98. The minimum absolute atomic E-state index is 0.954. The lowest BCUT2D eigenvalue weighted by Gasteiger charge is -2.32. The van der Waals surface area contributed by atoms with Gasteiger partial charge in [-0.15, -0.1) is 0 Å². The number of aromatic nitrogens is 2. The summed E-state index contributed by atoms with van der Waals surface area (Å²) in [4.78, 5) is 12.7. The molecule has 0 amide bonds. The molecular formula is C19H21IN4. The van der Waals surface area contributed by atoms with E-state index in [2.05, 4.69) is 79.7 Å². The first-order valence-electron chi connectivity index (χ1n) is 8.32. The summed E-state index contributed by atoms with van der Waals surface area (Å²) in [6.07, 6.45) is 3.95. The van der Waals surface area contributed by atoms with Crippen LogP contribution in [0.1, 0.15) is 5.56 Å². The van der Waals surface area contributed by atoms with Crippen molar-refractivity contribution in [3.05, 3.63) is 51.9 Å². The van der Waals surface area contributed by atoms with Gasteiger partial charge < -0.3 is 9.88 Å². The van der Waals surface area contributed by atoms with Gasteiger partial charge in [-0.05, 0) is 46.8 Å². The molecule has 4 rings (SSSR count). The lowest BCUT2D eigenvalue weighted by molar-refractivity contribution is 0.148. The summed E-state index contributed by atoms with van der Waals surface area (Å²) < 4.78 is 1.21. The van der Waals surface area contributed by atoms with Crippen LogP contribution >= 0.6 is 22.6 Å². The number of rotatable bonds is 3.